The second kappa shape index (κ2) is 14.6. The number of nitrogens with zero attached hydrogens (tertiary/aromatic N) is 3. The van der Waals surface area contributed by atoms with Crippen LogP contribution in [0, 0.1) is 0 Å². The smallest absolute Gasteiger partial charge is 0.251 e. The predicted molar refractivity (Wildman–Crippen MR) is 287 cm³/mol. The quantitative estimate of drug-likeness (QED) is 0.160. The van der Waals surface area contributed by atoms with Crippen molar-refractivity contribution in [2.24, 2.45) is 0 Å². The highest BCUT2D eigenvalue weighted by Crippen LogP contribution is 2.50. The van der Waals surface area contributed by atoms with Crippen LogP contribution in [0.15, 0.2) is 146 Å². The second-order valence-corrected chi connectivity index (χ2v) is 28.0. The molecule has 7 aromatic rings. The van der Waals surface area contributed by atoms with Gasteiger partial charge in [0.05, 0.1) is 5.69 Å². The third kappa shape index (κ3) is 6.99. The van der Waals surface area contributed by atoms with Crippen molar-refractivity contribution < 1.29 is 0 Å². The van der Waals surface area contributed by atoms with Crippen LogP contribution in [0.3, 0.4) is 0 Å². The van der Waals surface area contributed by atoms with Gasteiger partial charge in [0.25, 0.3) is 6.71 Å². The Labute approximate surface area is 391 Å². The summed E-state index contributed by atoms with van der Waals surface area (Å²) in [7, 11) is -2.34. The zero-order chi connectivity index (χ0) is 46.2. The highest BCUT2D eigenvalue weighted by Gasteiger charge is 2.53. The summed E-state index contributed by atoms with van der Waals surface area (Å²) in [5.41, 5.74) is 20.7. The summed E-state index contributed by atoms with van der Waals surface area (Å²) in [6, 6.07) is 56.2. The first kappa shape index (κ1) is 43.1. The topological polar surface area (TPSA) is 9.72 Å². The van der Waals surface area contributed by atoms with Crippen LogP contribution in [0.25, 0.3) is 0 Å². The molecule has 3 heterocycles. The Hall–Kier alpha value is -5.78. The Bertz CT molecular complexity index is 2780. The first-order valence-corrected chi connectivity index (χ1v) is 26.8. The zero-order valence-corrected chi connectivity index (χ0v) is 42.3. The third-order valence-corrected chi connectivity index (χ3v) is 18.1. The minimum Gasteiger partial charge on any atom is -0.311 e. The van der Waals surface area contributed by atoms with Crippen LogP contribution in [0.2, 0.25) is 13.1 Å². The van der Waals surface area contributed by atoms with Gasteiger partial charge in [-0.1, -0.05) is 179 Å². The van der Waals surface area contributed by atoms with Crippen molar-refractivity contribution in [2.75, 3.05) is 14.7 Å². The Morgan fingerprint density at radius 1 is 0.369 bits per heavy atom. The Balaban J connectivity index is 1.39. The molecule has 0 fully saturated rings. The summed E-state index contributed by atoms with van der Waals surface area (Å²) in [5.74, 6) is 0. The molecule has 5 heteroatoms. The molecule has 0 bridgehead atoms. The molecule has 0 spiro atoms. The van der Waals surface area contributed by atoms with E-state index in [9.17, 15) is 0 Å². The summed E-state index contributed by atoms with van der Waals surface area (Å²) in [6.07, 6.45) is 0. The van der Waals surface area contributed by atoms with Crippen LogP contribution in [0.5, 0.6) is 0 Å². The van der Waals surface area contributed by atoms with Crippen LogP contribution < -0.4 is 41.5 Å². The lowest BCUT2D eigenvalue weighted by Crippen LogP contribution is -2.79. The average molecular weight is 868 g/mol. The molecule has 328 valence electrons. The SMILES string of the molecule is CC(C)(C)c1ccc(N2c3cc(N(c4ccccc4)c4ccccc4)cc4c3B3c5c2cc(C(C)(C)C)cc5[Si](C)(C)c2cc(C(C)(C)C)cc(c23)N4c2ccc(C(C)(C)C)cc2)cc1. The van der Waals surface area contributed by atoms with Gasteiger partial charge in [-0.2, -0.15) is 0 Å². The molecule has 3 aliphatic rings. The summed E-state index contributed by atoms with van der Waals surface area (Å²) in [6.45, 7) is 33.5. The number of para-hydroxylation sites is 2. The monoisotopic (exact) mass is 868 g/mol. The van der Waals surface area contributed by atoms with E-state index in [-0.39, 0.29) is 28.4 Å². The molecule has 3 aliphatic heterocycles. The Morgan fingerprint density at radius 3 is 1.05 bits per heavy atom. The second-order valence-electron chi connectivity index (χ2n) is 23.6. The molecule has 0 radical (unpaired) electrons. The van der Waals surface area contributed by atoms with Gasteiger partial charge < -0.3 is 14.7 Å². The first-order valence-electron chi connectivity index (χ1n) is 23.8. The molecule has 10 rings (SSSR count). The van der Waals surface area contributed by atoms with E-state index in [1.165, 1.54) is 72.8 Å². The molecule has 0 N–H and O–H groups in total. The third-order valence-electron chi connectivity index (χ3n) is 14.6. The number of rotatable bonds is 5. The van der Waals surface area contributed by atoms with E-state index in [1.807, 2.05) is 0 Å². The molecular weight excluding hydrogens is 802 g/mol. The standard InChI is InChI=1S/C60H66BN3Si/c1-57(2,3)39-25-29-45(30-26-39)63-48-33-41(59(7,8)9)35-52-55(48)61-54-50(63)37-47(62(43-21-17-15-18-22-43)44-23-19-16-20-24-44)38-51(54)64(46-31-27-40(28-32-46)58(4,5)6)49-34-42(60(10,11)12)36-53(56(49)61)65(52,13)14/h15-38H,1-14H3. The first-order chi connectivity index (χ1) is 30.5. The highest BCUT2D eigenvalue weighted by atomic mass is 28.3. The number of hydrogen-bond donors (Lipinski definition) is 0. The van der Waals surface area contributed by atoms with E-state index >= 15 is 0 Å². The van der Waals surface area contributed by atoms with Crippen molar-refractivity contribution in [3.8, 4) is 0 Å². The van der Waals surface area contributed by atoms with Crippen molar-refractivity contribution in [2.45, 2.75) is 118 Å². The maximum Gasteiger partial charge on any atom is 0.251 e. The van der Waals surface area contributed by atoms with Crippen molar-refractivity contribution in [3.63, 3.8) is 0 Å². The molecule has 0 amide bonds. The van der Waals surface area contributed by atoms with Gasteiger partial charge in [0, 0.05) is 45.5 Å². The van der Waals surface area contributed by atoms with E-state index in [1.54, 1.807) is 10.4 Å². The van der Waals surface area contributed by atoms with Gasteiger partial charge >= 0.3 is 0 Å². The maximum absolute atomic E-state index is 2.65. The molecule has 0 saturated carbocycles. The fraction of sp³-hybridized carbons (Fsp3) is 0.300. The minimum absolute atomic E-state index is 0.0342. The summed E-state index contributed by atoms with van der Waals surface area (Å²) in [5, 5.41) is 3.15. The van der Waals surface area contributed by atoms with Crippen LogP contribution >= 0.6 is 0 Å². The molecular formula is C60H66BN3Si. The Kier molecular flexibility index (Phi) is 9.70. The van der Waals surface area contributed by atoms with E-state index in [0.717, 1.165) is 17.1 Å². The lowest BCUT2D eigenvalue weighted by Gasteiger charge is -2.51. The molecule has 0 aromatic heterocycles. The normalized spacial score (nSPS) is 15.0. The van der Waals surface area contributed by atoms with Crippen molar-refractivity contribution >= 4 is 92.7 Å². The number of benzene rings is 7. The van der Waals surface area contributed by atoms with E-state index in [4.69, 9.17) is 0 Å². The molecule has 65 heavy (non-hydrogen) atoms. The molecule has 7 aromatic carbocycles. The molecule has 0 saturated heterocycles. The minimum atomic E-state index is -2.34. The van der Waals surface area contributed by atoms with Gasteiger partial charge in [0.1, 0.15) is 8.07 Å². The average Bonchev–Trinajstić information content (AvgIpc) is 3.25. The van der Waals surface area contributed by atoms with Gasteiger partial charge in [-0.3, -0.25) is 0 Å². The fourth-order valence-electron chi connectivity index (χ4n) is 10.8. The van der Waals surface area contributed by atoms with Crippen LogP contribution in [0.4, 0.5) is 51.2 Å². The number of anilines is 9. The highest BCUT2D eigenvalue weighted by molar-refractivity contribution is 7.16. The molecule has 3 nitrogen and oxygen atoms in total. The summed E-state index contributed by atoms with van der Waals surface area (Å²) >= 11 is 0. The largest absolute Gasteiger partial charge is 0.311 e. The molecule has 0 aliphatic carbocycles. The van der Waals surface area contributed by atoms with E-state index < -0.39 is 8.07 Å². The van der Waals surface area contributed by atoms with Crippen LogP contribution in [-0.4, -0.2) is 14.8 Å². The van der Waals surface area contributed by atoms with Gasteiger partial charge in [-0.05, 0) is 133 Å². The summed E-state index contributed by atoms with van der Waals surface area (Å²) < 4.78 is 0. The van der Waals surface area contributed by atoms with Crippen molar-refractivity contribution in [3.05, 3.63) is 168 Å². The number of hydrogen-bond acceptors (Lipinski definition) is 3. The lowest BCUT2D eigenvalue weighted by molar-refractivity contribution is 0.590. The van der Waals surface area contributed by atoms with Gasteiger partial charge in [0.2, 0.25) is 0 Å². The summed E-state index contributed by atoms with van der Waals surface area (Å²) in [4.78, 5) is 7.76. The lowest BCUT2D eigenvalue weighted by atomic mass is 9.33. The molecule has 0 unspecified atom stereocenters. The molecule has 0 atom stereocenters. The van der Waals surface area contributed by atoms with Crippen LogP contribution in [0.1, 0.15) is 105 Å². The van der Waals surface area contributed by atoms with Crippen molar-refractivity contribution in [1.82, 2.24) is 0 Å². The van der Waals surface area contributed by atoms with Gasteiger partial charge in [-0.15, -0.1) is 0 Å². The Morgan fingerprint density at radius 2 is 0.708 bits per heavy atom. The van der Waals surface area contributed by atoms with Crippen molar-refractivity contribution in [1.29, 1.82) is 0 Å². The predicted octanol–water partition coefficient (Wildman–Crippen LogP) is 13.6. The van der Waals surface area contributed by atoms with Crippen LogP contribution in [-0.2, 0) is 21.7 Å². The fourth-order valence-corrected chi connectivity index (χ4v) is 14.0. The van der Waals surface area contributed by atoms with E-state index in [2.05, 4.69) is 256 Å². The maximum atomic E-state index is 2.65. The zero-order valence-electron chi connectivity index (χ0n) is 41.3. The van der Waals surface area contributed by atoms with Gasteiger partial charge in [-0.25, -0.2) is 0 Å². The van der Waals surface area contributed by atoms with E-state index in [0.29, 0.717) is 0 Å². The van der Waals surface area contributed by atoms with Gasteiger partial charge in [0.15, 0.2) is 0 Å².